The van der Waals surface area contributed by atoms with Crippen molar-refractivity contribution < 1.29 is 14.6 Å². The Morgan fingerprint density at radius 1 is 1.41 bits per heavy atom. The Bertz CT molecular complexity index is 597. The van der Waals surface area contributed by atoms with E-state index in [1.807, 2.05) is 4.57 Å². The zero-order valence-corrected chi connectivity index (χ0v) is 13.0. The number of ether oxygens (including phenoxy) is 2. The third-order valence-corrected chi connectivity index (χ3v) is 3.43. The second-order valence-electron chi connectivity index (χ2n) is 5.03. The first kappa shape index (κ1) is 16.4. The molecule has 2 aromatic rings. The molecule has 22 heavy (non-hydrogen) atoms. The summed E-state index contributed by atoms with van der Waals surface area (Å²) in [7, 11) is 1.58. The number of hydrogen-bond acceptors (Lipinski definition) is 7. The molecule has 1 unspecified atom stereocenters. The highest BCUT2D eigenvalue weighted by Crippen LogP contribution is 2.20. The van der Waals surface area contributed by atoms with Crippen LogP contribution < -0.4 is 10.5 Å². The van der Waals surface area contributed by atoms with Crippen molar-refractivity contribution in [2.24, 2.45) is 0 Å². The van der Waals surface area contributed by atoms with Crippen molar-refractivity contribution in [1.29, 1.82) is 0 Å². The molecule has 2 heterocycles. The number of aliphatic hydroxyl groups is 1. The van der Waals surface area contributed by atoms with Crippen LogP contribution in [0.2, 0.25) is 0 Å². The summed E-state index contributed by atoms with van der Waals surface area (Å²) in [5.74, 6) is 0.306. The van der Waals surface area contributed by atoms with Gasteiger partial charge in [-0.2, -0.15) is 9.97 Å². The van der Waals surface area contributed by atoms with Crippen molar-refractivity contribution in [2.75, 3.05) is 26.1 Å². The molecule has 122 valence electrons. The van der Waals surface area contributed by atoms with Gasteiger partial charge in [-0.1, -0.05) is 13.3 Å². The van der Waals surface area contributed by atoms with Gasteiger partial charge < -0.3 is 24.9 Å². The fourth-order valence-electron chi connectivity index (χ4n) is 2.05. The molecule has 0 aliphatic carbocycles. The number of aryl methyl sites for hydroxylation is 1. The van der Waals surface area contributed by atoms with Crippen molar-refractivity contribution in [1.82, 2.24) is 19.5 Å². The zero-order valence-electron chi connectivity index (χ0n) is 13.0. The van der Waals surface area contributed by atoms with Crippen LogP contribution in [-0.2, 0) is 11.3 Å². The molecule has 2 aromatic heterocycles. The Kier molecular flexibility index (Phi) is 5.91. The van der Waals surface area contributed by atoms with E-state index in [1.165, 1.54) is 0 Å². The van der Waals surface area contributed by atoms with Gasteiger partial charge >= 0.3 is 6.01 Å². The molecule has 8 heteroatoms. The van der Waals surface area contributed by atoms with Gasteiger partial charge in [0.25, 0.3) is 0 Å². The number of anilines is 1. The number of fused-ring (bicyclic) bond motifs is 1. The summed E-state index contributed by atoms with van der Waals surface area (Å²) in [5.41, 5.74) is 7.10. The van der Waals surface area contributed by atoms with E-state index in [1.54, 1.807) is 13.4 Å². The topological polar surface area (TPSA) is 108 Å². The number of nitrogens with zero attached hydrogens (tertiary/aromatic N) is 4. The largest absolute Gasteiger partial charge is 0.463 e. The molecular weight excluding hydrogens is 286 g/mol. The van der Waals surface area contributed by atoms with Gasteiger partial charge in [0.2, 0.25) is 0 Å². The van der Waals surface area contributed by atoms with Crippen molar-refractivity contribution in [3.8, 4) is 6.01 Å². The first-order valence-electron chi connectivity index (χ1n) is 7.44. The predicted octanol–water partition coefficient (Wildman–Crippen LogP) is 0.985. The van der Waals surface area contributed by atoms with Crippen LogP contribution in [-0.4, -0.2) is 51.1 Å². The van der Waals surface area contributed by atoms with E-state index in [2.05, 4.69) is 21.9 Å². The average Bonchev–Trinajstić information content (AvgIpc) is 2.92. The molecular formula is C14H23N5O3. The number of unbranched alkanes of at least 4 members (excludes halogenated alkanes) is 1. The normalized spacial score (nSPS) is 12.7. The number of imidazole rings is 1. The summed E-state index contributed by atoms with van der Waals surface area (Å²) in [4.78, 5) is 12.7. The second kappa shape index (κ2) is 7.90. The van der Waals surface area contributed by atoms with Crippen LogP contribution in [0.1, 0.15) is 26.2 Å². The summed E-state index contributed by atoms with van der Waals surface area (Å²) in [6.45, 7) is 3.24. The molecule has 3 N–H and O–H groups in total. The Morgan fingerprint density at radius 2 is 2.23 bits per heavy atom. The van der Waals surface area contributed by atoms with Crippen LogP contribution in [0, 0.1) is 0 Å². The summed E-state index contributed by atoms with van der Waals surface area (Å²) in [6.07, 6.45) is 4.07. The lowest BCUT2D eigenvalue weighted by molar-refractivity contribution is 0.0405. The summed E-state index contributed by atoms with van der Waals surface area (Å²) in [6, 6.07) is 0.269. The highest BCUT2D eigenvalue weighted by Gasteiger charge is 2.13. The Morgan fingerprint density at radius 3 is 2.91 bits per heavy atom. The number of methoxy groups -OCH3 is 1. The van der Waals surface area contributed by atoms with Crippen LogP contribution in [0.25, 0.3) is 11.2 Å². The molecule has 8 nitrogen and oxygen atoms in total. The molecule has 2 rings (SSSR count). The smallest absolute Gasteiger partial charge is 0.320 e. The second-order valence-corrected chi connectivity index (χ2v) is 5.03. The van der Waals surface area contributed by atoms with Crippen LogP contribution in [0.4, 0.5) is 5.82 Å². The number of nitrogen functional groups attached to an aromatic ring is 1. The lowest BCUT2D eigenvalue weighted by atomic mass is 10.2. The standard InChI is InChI=1S/C14H23N5O3/c1-3-4-7-22-14-17-12(15)11-13(18-14)19(9-16-11)6-5-10(8-20)21-2/h9-10,20H,3-8H2,1-2H3,(H2,15,17,18). The lowest BCUT2D eigenvalue weighted by Gasteiger charge is -2.12. The van der Waals surface area contributed by atoms with Crippen LogP contribution >= 0.6 is 0 Å². The van der Waals surface area contributed by atoms with Gasteiger partial charge in [0.15, 0.2) is 17.0 Å². The minimum Gasteiger partial charge on any atom is -0.463 e. The molecule has 0 radical (unpaired) electrons. The molecule has 0 spiro atoms. The van der Waals surface area contributed by atoms with Gasteiger partial charge in [-0.05, 0) is 12.8 Å². The number of nitrogens with two attached hydrogens (primary N) is 1. The Labute approximate surface area is 129 Å². The van der Waals surface area contributed by atoms with Crippen molar-refractivity contribution in [3.05, 3.63) is 6.33 Å². The first-order valence-corrected chi connectivity index (χ1v) is 7.44. The maximum Gasteiger partial charge on any atom is 0.320 e. The number of hydrogen-bond donors (Lipinski definition) is 2. The van der Waals surface area contributed by atoms with Crippen LogP contribution in [0.3, 0.4) is 0 Å². The predicted molar refractivity (Wildman–Crippen MR) is 82.6 cm³/mol. The Hall–Kier alpha value is -1.93. The molecule has 0 aliphatic heterocycles. The van der Waals surface area contributed by atoms with Crippen LogP contribution in [0.15, 0.2) is 6.33 Å². The van der Waals surface area contributed by atoms with Gasteiger partial charge in [0.1, 0.15) is 0 Å². The zero-order chi connectivity index (χ0) is 15.9. The maximum absolute atomic E-state index is 9.16. The van der Waals surface area contributed by atoms with E-state index >= 15 is 0 Å². The van der Waals surface area contributed by atoms with Crippen LogP contribution in [0.5, 0.6) is 6.01 Å². The third kappa shape index (κ3) is 3.83. The average molecular weight is 309 g/mol. The van der Waals surface area contributed by atoms with Gasteiger partial charge in [-0.25, -0.2) is 4.98 Å². The maximum atomic E-state index is 9.16. The summed E-state index contributed by atoms with van der Waals surface area (Å²) >= 11 is 0. The monoisotopic (exact) mass is 309 g/mol. The minimum absolute atomic E-state index is 0.0222. The molecule has 0 aromatic carbocycles. The van der Waals surface area contributed by atoms with E-state index in [9.17, 15) is 0 Å². The SMILES string of the molecule is CCCCOc1nc(N)c2ncn(CCC(CO)OC)c2n1. The van der Waals surface area contributed by atoms with E-state index in [0.717, 1.165) is 12.8 Å². The van der Waals surface area contributed by atoms with E-state index < -0.39 is 0 Å². The number of rotatable bonds is 9. The molecule has 0 saturated carbocycles. The quantitative estimate of drug-likeness (QED) is 0.665. The first-order chi connectivity index (χ1) is 10.7. The summed E-state index contributed by atoms with van der Waals surface area (Å²) < 4.78 is 12.5. The highest BCUT2D eigenvalue weighted by atomic mass is 16.5. The molecule has 0 fully saturated rings. The fraction of sp³-hybridized carbons (Fsp3) is 0.643. The van der Waals surface area contributed by atoms with E-state index in [-0.39, 0.29) is 18.7 Å². The molecule has 0 saturated heterocycles. The lowest BCUT2D eigenvalue weighted by Crippen LogP contribution is -2.18. The van der Waals surface area contributed by atoms with Crippen molar-refractivity contribution in [3.63, 3.8) is 0 Å². The molecule has 1 atom stereocenters. The van der Waals surface area contributed by atoms with Gasteiger partial charge in [0.05, 0.1) is 25.6 Å². The molecule has 0 aliphatic rings. The fourth-order valence-corrected chi connectivity index (χ4v) is 2.05. The number of aliphatic hydroxyl groups excluding tert-OH is 1. The summed E-state index contributed by atoms with van der Waals surface area (Å²) in [5, 5.41) is 9.16. The van der Waals surface area contributed by atoms with Crippen molar-refractivity contribution >= 4 is 17.0 Å². The van der Waals surface area contributed by atoms with E-state index in [4.69, 9.17) is 20.3 Å². The van der Waals surface area contributed by atoms with E-state index in [0.29, 0.717) is 36.6 Å². The third-order valence-electron chi connectivity index (χ3n) is 3.43. The molecule has 0 bridgehead atoms. The minimum atomic E-state index is -0.211. The Balaban J connectivity index is 2.17. The van der Waals surface area contributed by atoms with Gasteiger partial charge in [-0.15, -0.1) is 0 Å². The highest BCUT2D eigenvalue weighted by molar-refractivity contribution is 5.81. The van der Waals surface area contributed by atoms with Gasteiger partial charge in [0, 0.05) is 13.7 Å². The molecule has 0 amide bonds. The van der Waals surface area contributed by atoms with Crippen molar-refractivity contribution in [2.45, 2.75) is 38.8 Å². The number of aromatic nitrogens is 4. The van der Waals surface area contributed by atoms with Gasteiger partial charge in [-0.3, -0.25) is 0 Å².